The molecule has 1 fully saturated rings. The molecule has 0 aromatic heterocycles. The fourth-order valence-electron chi connectivity index (χ4n) is 1.80. The molecular weight excluding hydrogens is 297 g/mol. The number of ether oxygens (including phenoxy) is 2. The van der Waals surface area contributed by atoms with Crippen molar-refractivity contribution < 1.29 is 44.0 Å². The predicted octanol–water partition coefficient (Wildman–Crippen LogP) is -2.73. The quantitative estimate of drug-likeness (QED) is 0.164. The molecule has 1 heterocycles. The molecule has 20 heavy (non-hydrogen) atoms. The van der Waals surface area contributed by atoms with Crippen LogP contribution in [0.5, 0.6) is 0 Å². The summed E-state index contributed by atoms with van der Waals surface area (Å²) in [5.74, 6) is 4.79. The lowest BCUT2D eigenvalue weighted by molar-refractivity contribution is -0.298. The van der Waals surface area contributed by atoms with E-state index < -0.39 is 44.5 Å². The molecule has 0 radical (unpaired) electrons. The topological polar surface area (TPSA) is 172 Å². The van der Waals surface area contributed by atoms with Crippen molar-refractivity contribution in [1.82, 2.24) is 0 Å². The molecule has 11 heteroatoms. The first-order valence-electron chi connectivity index (χ1n) is 5.94. The number of hydrogen-bond acceptors (Lipinski definition) is 8. The van der Waals surface area contributed by atoms with Crippen LogP contribution in [-0.4, -0.2) is 75.2 Å². The van der Waals surface area contributed by atoms with E-state index in [1.54, 1.807) is 0 Å². The molecule has 10 nitrogen and oxygen atoms in total. The van der Waals surface area contributed by atoms with Gasteiger partial charge in [0.1, 0.15) is 18.3 Å². The highest BCUT2D eigenvalue weighted by Gasteiger charge is 2.44. The van der Waals surface area contributed by atoms with E-state index in [9.17, 15) is 19.9 Å². The van der Waals surface area contributed by atoms with Crippen LogP contribution in [0.25, 0.3) is 0 Å². The van der Waals surface area contributed by atoms with Crippen LogP contribution in [-0.2, 0) is 18.9 Å². The Hall–Kier alpha value is -0.130. The predicted molar refractivity (Wildman–Crippen MR) is 64.3 cm³/mol. The molecule has 7 N–H and O–H groups in total. The number of nitrogens with two attached hydrogens (primary N) is 1. The van der Waals surface area contributed by atoms with Gasteiger partial charge in [-0.25, -0.2) is 5.90 Å². The number of aliphatic hydroxyl groups is 3. The first-order chi connectivity index (χ1) is 9.26. The summed E-state index contributed by atoms with van der Waals surface area (Å²) in [6, 6.07) is 0. The Labute approximate surface area is 115 Å². The van der Waals surface area contributed by atoms with E-state index in [1.165, 1.54) is 0 Å². The van der Waals surface area contributed by atoms with Gasteiger partial charge in [0.2, 0.25) is 0 Å². The molecule has 0 spiro atoms. The largest absolute Gasteiger partial charge is 0.388 e. The second kappa shape index (κ2) is 7.76. The summed E-state index contributed by atoms with van der Waals surface area (Å²) in [5, 5.41) is 29.0. The van der Waals surface area contributed by atoms with E-state index >= 15 is 0 Å². The van der Waals surface area contributed by atoms with E-state index in [1.807, 2.05) is 0 Å². The third-order valence-electron chi connectivity index (χ3n) is 2.86. The maximum absolute atomic E-state index is 10.8. The van der Waals surface area contributed by atoms with Gasteiger partial charge in [-0.2, -0.15) is 0 Å². The van der Waals surface area contributed by atoms with Crippen LogP contribution in [0.15, 0.2) is 0 Å². The lowest BCUT2D eigenvalue weighted by Crippen LogP contribution is -2.58. The van der Waals surface area contributed by atoms with E-state index in [4.69, 9.17) is 25.2 Å². The van der Waals surface area contributed by atoms with Crippen LogP contribution in [0.4, 0.5) is 0 Å². The summed E-state index contributed by atoms with van der Waals surface area (Å²) in [6.45, 7) is 0.00460. The van der Waals surface area contributed by atoms with Crippen molar-refractivity contribution in [2.24, 2.45) is 5.90 Å². The third kappa shape index (κ3) is 5.34. The number of aliphatic hydroxyl groups excluding tert-OH is 3. The Morgan fingerprint density at radius 1 is 1.10 bits per heavy atom. The zero-order valence-corrected chi connectivity index (χ0v) is 11.5. The second-order valence-corrected chi connectivity index (χ2v) is 6.21. The van der Waals surface area contributed by atoms with Crippen molar-refractivity contribution in [1.29, 1.82) is 0 Å². The molecule has 1 aliphatic heterocycles. The summed E-state index contributed by atoms with van der Waals surface area (Å²) in [7, 11) is -4.25. The van der Waals surface area contributed by atoms with E-state index in [2.05, 4.69) is 4.84 Å². The highest BCUT2D eigenvalue weighted by molar-refractivity contribution is 7.51. The maximum Gasteiger partial charge on any atom is 0.325 e. The van der Waals surface area contributed by atoms with Gasteiger partial charge in [-0.05, 0) is 6.42 Å². The van der Waals surface area contributed by atoms with Gasteiger partial charge in [-0.15, -0.1) is 0 Å². The Kier molecular flexibility index (Phi) is 6.95. The first kappa shape index (κ1) is 17.9. The molecule has 5 unspecified atom stereocenters. The molecule has 1 rings (SSSR count). The minimum atomic E-state index is -4.25. The van der Waals surface area contributed by atoms with Gasteiger partial charge in [0.05, 0.1) is 25.5 Å². The van der Waals surface area contributed by atoms with Crippen molar-refractivity contribution in [3.63, 3.8) is 0 Å². The van der Waals surface area contributed by atoms with Gasteiger partial charge in [0, 0.05) is 0 Å². The minimum Gasteiger partial charge on any atom is -0.388 e. The average molecular weight is 317 g/mol. The molecule has 5 atom stereocenters. The summed E-state index contributed by atoms with van der Waals surface area (Å²) < 4.78 is 21.1. The summed E-state index contributed by atoms with van der Waals surface area (Å²) >= 11 is 0. The van der Waals surface area contributed by atoms with Crippen LogP contribution >= 0.6 is 7.60 Å². The summed E-state index contributed by atoms with van der Waals surface area (Å²) in [5.41, 5.74) is 0. The average Bonchev–Trinajstić information content (AvgIpc) is 2.36. The first-order valence-corrected chi connectivity index (χ1v) is 7.73. The summed E-state index contributed by atoms with van der Waals surface area (Å²) in [6.07, 6.45) is -7.53. The fourth-order valence-corrected chi connectivity index (χ4v) is 2.39. The lowest BCUT2D eigenvalue weighted by Gasteiger charge is -2.40. The highest BCUT2D eigenvalue weighted by Crippen LogP contribution is 2.37. The Morgan fingerprint density at radius 3 is 2.30 bits per heavy atom. The molecule has 0 aromatic carbocycles. The maximum atomic E-state index is 10.8. The Balaban J connectivity index is 2.58. The minimum absolute atomic E-state index is 0.0216. The zero-order chi connectivity index (χ0) is 15.3. The Morgan fingerprint density at radius 2 is 1.75 bits per heavy atom. The standard InChI is InChI=1S/C9H20NO9P/c10-18-3-2-17-9-8(13)7(12)6(11)5(19-9)1-4-20(14,15)16/h5-9,11-13H,1-4,10H2,(H2,14,15,16). The molecule has 0 amide bonds. The van der Waals surface area contributed by atoms with Crippen molar-refractivity contribution in [2.75, 3.05) is 19.4 Å². The smallest absolute Gasteiger partial charge is 0.325 e. The van der Waals surface area contributed by atoms with Crippen molar-refractivity contribution in [2.45, 2.75) is 37.1 Å². The molecule has 1 saturated heterocycles. The van der Waals surface area contributed by atoms with Gasteiger partial charge in [0.25, 0.3) is 0 Å². The monoisotopic (exact) mass is 317 g/mol. The van der Waals surface area contributed by atoms with Crippen LogP contribution < -0.4 is 5.90 Å². The van der Waals surface area contributed by atoms with E-state index in [0.717, 1.165) is 0 Å². The van der Waals surface area contributed by atoms with Gasteiger partial charge in [-0.1, -0.05) is 0 Å². The van der Waals surface area contributed by atoms with Crippen LogP contribution in [0.1, 0.15) is 6.42 Å². The Bertz CT molecular complexity index is 337. The van der Waals surface area contributed by atoms with Crippen molar-refractivity contribution >= 4 is 7.60 Å². The molecular formula is C9H20NO9P. The third-order valence-corrected chi connectivity index (χ3v) is 3.70. The SMILES string of the molecule is NOCCOC1OC(CCP(=O)(O)O)C(O)C(O)C1O. The van der Waals surface area contributed by atoms with Gasteiger partial charge in [0.15, 0.2) is 6.29 Å². The van der Waals surface area contributed by atoms with E-state index in [-0.39, 0.29) is 19.6 Å². The second-order valence-electron chi connectivity index (χ2n) is 4.43. The zero-order valence-electron chi connectivity index (χ0n) is 10.6. The lowest BCUT2D eigenvalue weighted by atomic mass is 9.97. The molecule has 0 saturated carbocycles. The van der Waals surface area contributed by atoms with Gasteiger partial charge in [-0.3, -0.25) is 4.57 Å². The summed E-state index contributed by atoms with van der Waals surface area (Å²) in [4.78, 5) is 21.8. The van der Waals surface area contributed by atoms with Gasteiger partial charge >= 0.3 is 7.60 Å². The van der Waals surface area contributed by atoms with Gasteiger partial charge < -0.3 is 39.4 Å². The van der Waals surface area contributed by atoms with Crippen molar-refractivity contribution in [3.8, 4) is 0 Å². The van der Waals surface area contributed by atoms with Crippen molar-refractivity contribution in [3.05, 3.63) is 0 Å². The molecule has 120 valence electrons. The van der Waals surface area contributed by atoms with Crippen LogP contribution in [0.2, 0.25) is 0 Å². The molecule has 0 aliphatic carbocycles. The fraction of sp³-hybridized carbons (Fsp3) is 1.00. The molecule has 0 aromatic rings. The molecule has 1 aliphatic rings. The normalized spacial score (nSPS) is 35.2. The molecule has 0 bridgehead atoms. The van der Waals surface area contributed by atoms with Crippen LogP contribution in [0.3, 0.4) is 0 Å². The number of hydrogen-bond donors (Lipinski definition) is 6. The van der Waals surface area contributed by atoms with E-state index in [0.29, 0.717) is 0 Å². The van der Waals surface area contributed by atoms with Crippen LogP contribution in [0, 0.1) is 0 Å². The highest BCUT2D eigenvalue weighted by atomic mass is 31.2. The number of rotatable bonds is 7.